The third kappa shape index (κ3) is 11.5. The van der Waals surface area contributed by atoms with Gasteiger partial charge in [-0.1, -0.05) is 0 Å². The fraction of sp³-hybridized carbons (Fsp3) is 0.818. The first-order valence-corrected chi connectivity index (χ1v) is 5.26. The molecule has 0 spiro atoms. The van der Waals surface area contributed by atoms with Crippen LogP contribution in [0.1, 0.15) is 40.5 Å². The Morgan fingerprint density at radius 2 is 1.44 bits per heavy atom. The van der Waals surface area contributed by atoms with Crippen LogP contribution in [-0.4, -0.2) is 38.6 Å². The van der Waals surface area contributed by atoms with Gasteiger partial charge in [-0.25, -0.2) is 0 Å². The zero-order valence-electron chi connectivity index (χ0n) is 10.6. The van der Waals surface area contributed by atoms with Crippen molar-refractivity contribution in [2.75, 3.05) is 0 Å². The molecule has 0 bridgehead atoms. The smallest absolute Gasteiger partial charge is 0.427 e. The van der Waals surface area contributed by atoms with Crippen molar-refractivity contribution < 1.29 is 20.3 Å². The van der Waals surface area contributed by atoms with Crippen LogP contribution in [0.5, 0.6) is 0 Å². The average molecular weight is 230 g/mol. The number of hydrogen-bond acceptors (Lipinski definition) is 4. The molecule has 16 heavy (non-hydrogen) atoms. The fourth-order valence-corrected chi connectivity index (χ4v) is 0.387. The van der Waals surface area contributed by atoms with E-state index in [2.05, 4.69) is 5.92 Å². The monoisotopic (exact) mass is 230 g/mol. The quantitative estimate of drug-likeness (QED) is 0.320. The minimum atomic E-state index is -1.19. The molecule has 0 amide bonds. The minimum absolute atomic E-state index is 0.379. The number of terminal acetylenes is 1. The lowest BCUT2D eigenvalue weighted by atomic mass is 9.84. The molecule has 0 saturated heterocycles. The SMILES string of the molecule is C#CCCCB(O)O.CC(C)(O)C(C)(C)O. The minimum Gasteiger partial charge on any atom is -0.427 e. The molecule has 4 nitrogen and oxygen atoms in total. The van der Waals surface area contributed by atoms with Crippen molar-refractivity contribution in [3.05, 3.63) is 0 Å². The van der Waals surface area contributed by atoms with E-state index in [4.69, 9.17) is 26.7 Å². The molecule has 0 radical (unpaired) electrons. The molecule has 0 fully saturated rings. The molecule has 0 rings (SSSR count). The second kappa shape index (κ2) is 7.69. The van der Waals surface area contributed by atoms with Gasteiger partial charge in [0.1, 0.15) is 0 Å². The van der Waals surface area contributed by atoms with Crippen molar-refractivity contribution in [3.8, 4) is 12.3 Å². The third-order valence-corrected chi connectivity index (χ3v) is 2.28. The molecule has 0 aliphatic rings. The Morgan fingerprint density at radius 1 is 1.06 bits per heavy atom. The highest BCUT2D eigenvalue weighted by Gasteiger charge is 2.31. The fourth-order valence-electron chi connectivity index (χ4n) is 0.387. The van der Waals surface area contributed by atoms with Crippen LogP contribution in [0.2, 0.25) is 6.32 Å². The summed E-state index contributed by atoms with van der Waals surface area (Å²) in [4.78, 5) is 0. The summed E-state index contributed by atoms with van der Waals surface area (Å²) in [5, 5.41) is 34.7. The Balaban J connectivity index is 0. The van der Waals surface area contributed by atoms with Gasteiger partial charge in [0.2, 0.25) is 0 Å². The molecular formula is C11H23BO4. The van der Waals surface area contributed by atoms with Crippen molar-refractivity contribution in [1.82, 2.24) is 0 Å². The third-order valence-electron chi connectivity index (χ3n) is 2.28. The topological polar surface area (TPSA) is 80.9 Å². The number of unbranched alkanes of at least 4 members (excludes halogenated alkanes) is 1. The van der Waals surface area contributed by atoms with Crippen molar-refractivity contribution in [3.63, 3.8) is 0 Å². The van der Waals surface area contributed by atoms with Crippen LogP contribution in [0.25, 0.3) is 0 Å². The maximum absolute atomic E-state index is 9.10. The molecule has 0 saturated carbocycles. The van der Waals surface area contributed by atoms with E-state index < -0.39 is 18.3 Å². The molecule has 94 valence electrons. The van der Waals surface area contributed by atoms with Crippen LogP contribution < -0.4 is 0 Å². The van der Waals surface area contributed by atoms with Crippen LogP contribution in [0.3, 0.4) is 0 Å². The number of aliphatic hydroxyl groups is 2. The first kappa shape index (κ1) is 17.8. The molecule has 0 atom stereocenters. The van der Waals surface area contributed by atoms with Gasteiger partial charge < -0.3 is 20.3 Å². The normalized spacial score (nSPS) is 11.2. The van der Waals surface area contributed by atoms with Gasteiger partial charge in [0.15, 0.2) is 0 Å². The van der Waals surface area contributed by atoms with E-state index in [1.54, 1.807) is 27.7 Å². The van der Waals surface area contributed by atoms with E-state index in [1.165, 1.54) is 0 Å². The molecule has 0 aromatic rings. The van der Waals surface area contributed by atoms with Gasteiger partial charge in [0.25, 0.3) is 0 Å². The molecule has 0 unspecified atom stereocenters. The van der Waals surface area contributed by atoms with E-state index in [0.29, 0.717) is 19.2 Å². The first-order chi connectivity index (χ1) is 7.02. The van der Waals surface area contributed by atoms with Crippen molar-refractivity contribution in [1.29, 1.82) is 0 Å². The Hall–Kier alpha value is -0.535. The second-order valence-corrected chi connectivity index (χ2v) is 4.70. The van der Waals surface area contributed by atoms with E-state index >= 15 is 0 Å². The summed E-state index contributed by atoms with van der Waals surface area (Å²) >= 11 is 0. The molecule has 0 heterocycles. The standard InChI is InChI=1S/C6H14O2.C5H9BO2/c1-5(2,7)6(3,4)8;1-2-3-4-5-6(7)8/h7-8H,1-4H3;1,7-8H,3-5H2. The zero-order valence-corrected chi connectivity index (χ0v) is 10.6. The Bertz CT molecular complexity index is 195. The van der Waals surface area contributed by atoms with Gasteiger partial charge >= 0.3 is 7.12 Å². The van der Waals surface area contributed by atoms with E-state index in [-0.39, 0.29) is 0 Å². The summed E-state index contributed by atoms with van der Waals surface area (Å²) in [6, 6.07) is 0. The van der Waals surface area contributed by atoms with E-state index in [9.17, 15) is 0 Å². The maximum atomic E-state index is 9.10. The summed E-state index contributed by atoms with van der Waals surface area (Å²) in [5.41, 5.74) is -2.01. The second-order valence-electron chi connectivity index (χ2n) is 4.70. The van der Waals surface area contributed by atoms with Crippen LogP contribution in [0, 0.1) is 12.3 Å². The summed E-state index contributed by atoms with van der Waals surface area (Å²) in [6.45, 7) is 6.31. The lowest BCUT2D eigenvalue weighted by Gasteiger charge is -2.31. The highest BCUT2D eigenvalue weighted by atomic mass is 16.4. The molecule has 0 aromatic heterocycles. The number of rotatable bonds is 4. The van der Waals surface area contributed by atoms with Gasteiger partial charge in [0.05, 0.1) is 11.2 Å². The first-order valence-electron chi connectivity index (χ1n) is 5.26. The zero-order chi connectivity index (χ0) is 13.4. The predicted molar refractivity (Wildman–Crippen MR) is 65.7 cm³/mol. The Kier molecular flexibility index (Phi) is 8.58. The molecular weight excluding hydrogens is 207 g/mol. The van der Waals surface area contributed by atoms with E-state index in [1.807, 2.05) is 0 Å². The van der Waals surface area contributed by atoms with Gasteiger partial charge in [-0.15, -0.1) is 12.3 Å². The lowest BCUT2D eigenvalue weighted by Crippen LogP contribution is -2.44. The summed E-state index contributed by atoms with van der Waals surface area (Å²) in [7, 11) is -1.19. The Labute approximate surface area is 98.5 Å². The average Bonchev–Trinajstić information content (AvgIpc) is 2.01. The molecule has 5 heteroatoms. The van der Waals surface area contributed by atoms with Crippen molar-refractivity contribution >= 4 is 7.12 Å². The number of hydrogen-bond donors (Lipinski definition) is 4. The van der Waals surface area contributed by atoms with Gasteiger partial charge in [-0.05, 0) is 40.4 Å². The van der Waals surface area contributed by atoms with Crippen LogP contribution in [0.15, 0.2) is 0 Å². The summed E-state index contributed by atoms with van der Waals surface area (Å²) in [6.07, 6.45) is 6.59. The molecule has 4 N–H and O–H groups in total. The largest absolute Gasteiger partial charge is 0.451 e. The summed E-state index contributed by atoms with van der Waals surface area (Å²) in [5.74, 6) is 2.40. The highest BCUT2D eigenvalue weighted by Crippen LogP contribution is 2.19. The maximum Gasteiger partial charge on any atom is 0.451 e. The van der Waals surface area contributed by atoms with Crippen LogP contribution >= 0.6 is 0 Å². The highest BCUT2D eigenvalue weighted by molar-refractivity contribution is 6.40. The molecule has 0 aromatic carbocycles. The lowest BCUT2D eigenvalue weighted by molar-refractivity contribution is -0.107. The van der Waals surface area contributed by atoms with Gasteiger partial charge in [-0.3, -0.25) is 0 Å². The Morgan fingerprint density at radius 3 is 1.62 bits per heavy atom. The van der Waals surface area contributed by atoms with Crippen LogP contribution in [0.4, 0.5) is 0 Å². The summed E-state index contributed by atoms with van der Waals surface area (Å²) < 4.78 is 0. The van der Waals surface area contributed by atoms with Crippen LogP contribution in [-0.2, 0) is 0 Å². The van der Waals surface area contributed by atoms with Gasteiger partial charge in [-0.2, -0.15) is 0 Å². The van der Waals surface area contributed by atoms with Crippen molar-refractivity contribution in [2.45, 2.75) is 58.1 Å². The van der Waals surface area contributed by atoms with Crippen molar-refractivity contribution in [2.24, 2.45) is 0 Å². The van der Waals surface area contributed by atoms with E-state index in [0.717, 1.165) is 0 Å². The molecule has 0 aliphatic carbocycles. The predicted octanol–water partition coefficient (Wildman–Crippen LogP) is 0.401. The van der Waals surface area contributed by atoms with Gasteiger partial charge in [0, 0.05) is 6.42 Å². The molecule has 0 aliphatic heterocycles.